The summed E-state index contributed by atoms with van der Waals surface area (Å²) in [6, 6.07) is 9.42. The fourth-order valence-electron chi connectivity index (χ4n) is 1.60. The lowest BCUT2D eigenvalue weighted by Gasteiger charge is -2.06. The minimum Gasteiger partial charge on any atom is -0.481 e. The summed E-state index contributed by atoms with van der Waals surface area (Å²) in [6.07, 6.45) is 1.57. The minimum absolute atomic E-state index is 0.0515. The first-order chi connectivity index (χ1) is 8.99. The number of hydrogen-bond acceptors (Lipinski definition) is 3. The molecule has 2 N–H and O–H groups in total. The van der Waals surface area contributed by atoms with Crippen molar-refractivity contribution in [3.63, 3.8) is 0 Å². The van der Waals surface area contributed by atoms with E-state index in [1.807, 2.05) is 30.3 Å². The molecule has 0 radical (unpaired) electrons. The molecule has 5 nitrogen and oxygen atoms in total. The summed E-state index contributed by atoms with van der Waals surface area (Å²) in [5.74, 6) is -0.803. The molecule has 0 atom stereocenters. The zero-order valence-corrected chi connectivity index (χ0v) is 11.5. The van der Waals surface area contributed by atoms with Gasteiger partial charge in [0.25, 0.3) is 0 Å². The van der Waals surface area contributed by atoms with Crippen molar-refractivity contribution in [3.8, 4) is 0 Å². The number of sulfonamides is 1. The molecule has 1 aromatic rings. The van der Waals surface area contributed by atoms with Crippen LogP contribution >= 0.6 is 0 Å². The maximum atomic E-state index is 11.7. The summed E-state index contributed by atoms with van der Waals surface area (Å²) in [7, 11) is -3.28. The molecular formula is C13H19NO4S. The van der Waals surface area contributed by atoms with Crippen LogP contribution in [-0.2, 0) is 21.2 Å². The van der Waals surface area contributed by atoms with Crippen LogP contribution in [0.2, 0.25) is 0 Å². The number of unbranched alkanes of at least 4 members (excludes halogenated alkanes) is 1. The van der Waals surface area contributed by atoms with E-state index < -0.39 is 16.0 Å². The van der Waals surface area contributed by atoms with Gasteiger partial charge in [-0.1, -0.05) is 30.3 Å². The average molecular weight is 285 g/mol. The predicted molar refractivity (Wildman–Crippen MR) is 73.4 cm³/mol. The molecular weight excluding hydrogens is 266 g/mol. The lowest BCUT2D eigenvalue weighted by molar-refractivity contribution is -0.137. The van der Waals surface area contributed by atoms with Gasteiger partial charge in [-0.25, -0.2) is 13.1 Å². The third kappa shape index (κ3) is 7.58. The van der Waals surface area contributed by atoms with Gasteiger partial charge < -0.3 is 5.11 Å². The fraction of sp³-hybridized carbons (Fsp3) is 0.462. The van der Waals surface area contributed by atoms with Gasteiger partial charge in [0, 0.05) is 13.0 Å². The van der Waals surface area contributed by atoms with Gasteiger partial charge in [0.2, 0.25) is 10.0 Å². The van der Waals surface area contributed by atoms with Crippen LogP contribution in [-0.4, -0.2) is 31.8 Å². The van der Waals surface area contributed by atoms with E-state index in [-0.39, 0.29) is 12.2 Å². The molecule has 1 aromatic carbocycles. The maximum Gasteiger partial charge on any atom is 0.303 e. The van der Waals surface area contributed by atoms with E-state index in [1.54, 1.807) is 0 Å². The number of rotatable bonds is 9. The molecule has 19 heavy (non-hydrogen) atoms. The number of nitrogens with one attached hydrogen (secondary N) is 1. The van der Waals surface area contributed by atoms with Crippen molar-refractivity contribution < 1.29 is 18.3 Å². The molecule has 0 saturated heterocycles. The minimum atomic E-state index is -3.28. The molecule has 0 amide bonds. The van der Waals surface area contributed by atoms with Crippen molar-refractivity contribution in [1.29, 1.82) is 0 Å². The van der Waals surface area contributed by atoms with Crippen LogP contribution in [0.25, 0.3) is 0 Å². The standard InChI is InChI=1S/C13H19NO4S/c15-13(16)8-4-5-10-14-19(17,18)11-9-12-6-2-1-3-7-12/h1-3,6-7,14H,4-5,8-11H2,(H,15,16). The van der Waals surface area contributed by atoms with Crippen LogP contribution in [0.1, 0.15) is 24.8 Å². The van der Waals surface area contributed by atoms with E-state index in [9.17, 15) is 13.2 Å². The summed E-state index contributed by atoms with van der Waals surface area (Å²) in [4.78, 5) is 10.3. The van der Waals surface area contributed by atoms with Crippen molar-refractivity contribution >= 4 is 16.0 Å². The monoisotopic (exact) mass is 285 g/mol. The number of aryl methyl sites for hydroxylation is 1. The average Bonchev–Trinajstić information content (AvgIpc) is 2.37. The Bertz CT molecular complexity index is 485. The van der Waals surface area contributed by atoms with Gasteiger partial charge in [0.05, 0.1) is 5.75 Å². The van der Waals surface area contributed by atoms with Gasteiger partial charge in [0.15, 0.2) is 0 Å². The molecule has 0 aliphatic heterocycles. The Morgan fingerprint density at radius 3 is 2.47 bits per heavy atom. The second-order valence-electron chi connectivity index (χ2n) is 4.30. The van der Waals surface area contributed by atoms with E-state index in [0.29, 0.717) is 25.8 Å². The Morgan fingerprint density at radius 2 is 1.84 bits per heavy atom. The van der Waals surface area contributed by atoms with Crippen LogP contribution in [0.4, 0.5) is 0 Å². The molecule has 0 unspecified atom stereocenters. The van der Waals surface area contributed by atoms with E-state index in [0.717, 1.165) is 5.56 Å². The summed E-state index contributed by atoms with van der Waals surface area (Å²) < 4.78 is 25.8. The van der Waals surface area contributed by atoms with Crippen molar-refractivity contribution in [2.24, 2.45) is 0 Å². The molecule has 0 heterocycles. The Labute approximate surface area is 113 Å². The smallest absolute Gasteiger partial charge is 0.303 e. The van der Waals surface area contributed by atoms with E-state index >= 15 is 0 Å². The summed E-state index contributed by atoms with van der Waals surface area (Å²) >= 11 is 0. The summed E-state index contributed by atoms with van der Waals surface area (Å²) in [5, 5.41) is 8.44. The zero-order chi connectivity index (χ0) is 14.1. The van der Waals surface area contributed by atoms with Crippen LogP contribution in [0.15, 0.2) is 30.3 Å². The highest BCUT2D eigenvalue weighted by Gasteiger charge is 2.09. The highest BCUT2D eigenvalue weighted by Crippen LogP contribution is 2.02. The van der Waals surface area contributed by atoms with E-state index in [1.165, 1.54) is 0 Å². The molecule has 0 spiro atoms. The lowest BCUT2D eigenvalue weighted by Crippen LogP contribution is -2.28. The molecule has 0 fully saturated rings. The predicted octanol–water partition coefficient (Wildman–Crippen LogP) is 1.40. The number of benzene rings is 1. The van der Waals surface area contributed by atoms with Crippen LogP contribution < -0.4 is 4.72 Å². The molecule has 0 aromatic heterocycles. The second kappa shape index (κ2) is 7.91. The van der Waals surface area contributed by atoms with E-state index in [2.05, 4.69) is 4.72 Å². The lowest BCUT2D eigenvalue weighted by atomic mass is 10.2. The zero-order valence-electron chi connectivity index (χ0n) is 10.7. The second-order valence-corrected chi connectivity index (χ2v) is 6.23. The number of carboxylic acids is 1. The third-order valence-electron chi connectivity index (χ3n) is 2.64. The fourth-order valence-corrected chi connectivity index (χ4v) is 2.70. The SMILES string of the molecule is O=C(O)CCCCNS(=O)(=O)CCc1ccccc1. The highest BCUT2D eigenvalue weighted by molar-refractivity contribution is 7.89. The molecule has 1 rings (SSSR count). The first-order valence-electron chi connectivity index (χ1n) is 6.23. The highest BCUT2D eigenvalue weighted by atomic mass is 32.2. The normalized spacial score (nSPS) is 11.4. The Balaban J connectivity index is 2.23. The molecule has 0 bridgehead atoms. The Morgan fingerprint density at radius 1 is 1.16 bits per heavy atom. The quantitative estimate of drug-likeness (QED) is 0.672. The molecule has 0 saturated carbocycles. The topological polar surface area (TPSA) is 83.5 Å². The van der Waals surface area contributed by atoms with Crippen LogP contribution in [0.3, 0.4) is 0 Å². The molecule has 0 aliphatic rings. The van der Waals surface area contributed by atoms with Crippen LogP contribution in [0, 0.1) is 0 Å². The van der Waals surface area contributed by atoms with Gasteiger partial charge in [0.1, 0.15) is 0 Å². The summed E-state index contributed by atoms with van der Waals surface area (Å²) in [5.41, 5.74) is 0.985. The maximum absolute atomic E-state index is 11.7. The number of aliphatic carboxylic acids is 1. The first kappa shape index (κ1) is 15.7. The molecule has 0 aliphatic carbocycles. The van der Waals surface area contributed by atoms with Gasteiger partial charge in [-0.3, -0.25) is 4.79 Å². The third-order valence-corrected chi connectivity index (χ3v) is 4.03. The number of carbonyl (C=O) groups is 1. The summed E-state index contributed by atoms with van der Waals surface area (Å²) in [6.45, 7) is 0.296. The largest absolute Gasteiger partial charge is 0.481 e. The van der Waals surface area contributed by atoms with Crippen molar-refractivity contribution in [3.05, 3.63) is 35.9 Å². The number of carboxylic acid groups (broad SMARTS) is 1. The molecule has 6 heteroatoms. The van der Waals surface area contributed by atoms with E-state index in [4.69, 9.17) is 5.11 Å². The van der Waals surface area contributed by atoms with Gasteiger partial charge in [-0.15, -0.1) is 0 Å². The van der Waals surface area contributed by atoms with Gasteiger partial charge in [-0.2, -0.15) is 0 Å². The van der Waals surface area contributed by atoms with Crippen molar-refractivity contribution in [1.82, 2.24) is 4.72 Å². The number of hydrogen-bond donors (Lipinski definition) is 2. The Kier molecular flexibility index (Phi) is 6.52. The molecule has 106 valence electrons. The van der Waals surface area contributed by atoms with Crippen LogP contribution in [0.5, 0.6) is 0 Å². The van der Waals surface area contributed by atoms with Crippen molar-refractivity contribution in [2.45, 2.75) is 25.7 Å². The van der Waals surface area contributed by atoms with Gasteiger partial charge >= 0.3 is 5.97 Å². The first-order valence-corrected chi connectivity index (χ1v) is 7.88. The Hall–Kier alpha value is -1.40. The van der Waals surface area contributed by atoms with Gasteiger partial charge in [-0.05, 0) is 24.8 Å². The van der Waals surface area contributed by atoms with Crippen molar-refractivity contribution in [2.75, 3.05) is 12.3 Å².